The molecule has 0 spiro atoms. The highest BCUT2D eigenvalue weighted by molar-refractivity contribution is 7.50. The van der Waals surface area contributed by atoms with Crippen LogP contribution in [0, 0.1) is 0 Å². The Kier molecular flexibility index (Phi) is 4.16. The lowest BCUT2D eigenvalue weighted by atomic mass is 9.95. The van der Waals surface area contributed by atoms with E-state index in [1.807, 2.05) is 6.92 Å². The minimum absolute atomic E-state index is 0.124. The Balaban J connectivity index is 2.55. The van der Waals surface area contributed by atoms with Gasteiger partial charge in [0.2, 0.25) is 0 Å². The average molecular weight is 219 g/mol. The largest absolute Gasteiger partial charge is 0.403 e. The fourth-order valence-corrected chi connectivity index (χ4v) is 2.35. The Morgan fingerprint density at radius 1 is 1.79 bits per heavy atom. The van der Waals surface area contributed by atoms with Gasteiger partial charge in [0, 0.05) is 19.2 Å². The van der Waals surface area contributed by atoms with Gasteiger partial charge in [0.25, 0.3) is 0 Å². The van der Waals surface area contributed by atoms with Gasteiger partial charge < -0.3 is 14.2 Å². The molecule has 0 aromatic rings. The van der Waals surface area contributed by atoms with Gasteiger partial charge in [-0.25, -0.2) is 9.65 Å². The molecule has 2 radical (unpaired) electrons. The van der Waals surface area contributed by atoms with Crippen LogP contribution >= 0.6 is 7.75 Å². The summed E-state index contributed by atoms with van der Waals surface area (Å²) in [5.74, 6) is 0. The van der Waals surface area contributed by atoms with E-state index in [4.69, 9.17) is 12.6 Å². The maximum atomic E-state index is 11.2. The van der Waals surface area contributed by atoms with E-state index in [1.54, 1.807) is 0 Å². The third-order valence-corrected chi connectivity index (χ3v) is 3.42. The fourth-order valence-electron chi connectivity index (χ4n) is 1.56. The van der Waals surface area contributed by atoms with Crippen LogP contribution in [-0.4, -0.2) is 38.0 Å². The molecule has 0 saturated carbocycles. The van der Waals surface area contributed by atoms with Crippen molar-refractivity contribution in [3.05, 3.63) is 0 Å². The van der Waals surface area contributed by atoms with E-state index in [0.717, 1.165) is 6.42 Å². The molecule has 1 heterocycles. The molecular formula is C7H15BNO4P. The second-order valence-electron chi connectivity index (χ2n) is 3.30. The first kappa shape index (κ1) is 12.2. The van der Waals surface area contributed by atoms with Crippen LogP contribution in [0.5, 0.6) is 0 Å². The first-order valence-corrected chi connectivity index (χ1v) is 6.13. The Bertz CT molecular complexity index is 240. The number of hydrogen-bond donors (Lipinski definition) is 2. The summed E-state index contributed by atoms with van der Waals surface area (Å²) in [6.45, 7) is 1.94. The lowest BCUT2D eigenvalue weighted by Crippen LogP contribution is -2.34. The minimum Gasteiger partial charge on any atom is -0.383 e. The molecule has 2 N–H and O–H groups in total. The van der Waals surface area contributed by atoms with Gasteiger partial charge in [0.15, 0.2) is 0 Å². The Morgan fingerprint density at radius 2 is 2.43 bits per heavy atom. The summed E-state index contributed by atoms with van der Waals surface area (Å²) in [6.07, 6.45) is 1.14. The molecule has 1 fully saturated rings. The summed E-state index contributed by atoms with van der Waals surface area (Å²) in [5.41, 5.74) is 0. The third kappa shape index (κ3) is 3.07. The number of ether oxygens (including phenoxy) is 1. The Hall–Kier alpha value is 0.135. The highest BCUT2D eigenvalue weighted by Crippen LogP contribution is 2.38. The molecule has 0 aromatic carbocycles. The zero-order valence-electron chi connectivity index (χ0n) is 8.34. The van der Waals surface area contributed by atoms with Gasteiger partial charge in [-0.05, 0) is 12.8 Å². The summed E-state index contributed by atoms with van der Waals surface area (Å²) in [7, 11) is 3.08. The number of nitrogens with one attached hydrogen (secondary N) is 1. The molecule has 80 valence electrons. The quantitative estimate of drug-likeness (QED) is 0.528. The number of hydrogen-bond acceptors (Lipinski definition) is 3. The predicted molar refractivity (Wildman–Crippen MR) is 53.1 cm³/mol. The van der Waals surface area contributed by atoms with Crippen molar-refractivity contribution in [1.82, 2.24) is 5.09 Å². The van der Waals surface area contributed by atoms with Crippen LogP contribution < -0.4 is 5.09 Å². The molecule has 1 saturated heterocycles. The molecule has 0 bridgehead atoms. The van der Waals surface area contributed by atoms with Crippen molar-refractivity contribution in [2.45, 2.75) is 37.9 Å². The van der Waals surface area contributed by atoms with E-state index in [2.05, 4.69) is 9.61 Å². The van der Waals surface area contributed by atoms with Crippen LogP contribution in [0.25, 0.3) is 0 Å². The normalized spacial score (nSPS) is 36.9. The van der Waals surface area contributed by atoms with Gasteiger partial charge in [0.05, 0.1) is 6.10 Å². The molecule has 1 aliphatic rings. The van der Waals surface area contributed by atoms with Crippen LogP contribution in [0.15, 0.2) is 0 Å². The van der Waals surface area contributed by atoms with E-state index in [1.165, 1.54) is 7.11 Å². The van der Waals surface area contributed by atoms with Gasteiger partial charge in [-0.3, -0.25) is 0 Å². The van der Waals surface area contributed by atoms with Crippen molar-refractivity contribution in [3.63, 3.8) is 0 Å². The smallest absolute Gasteiger partial charge is 0.383 e. The van der Waals surface area contributed by atoms with Gasteiger partial charge in [-0.1, -0.05) is 6.92 Å². The summed E-state index contributed by atoms with van der Waals surface area (Å²) in [4.78, 5) is 9.21. The molecule has 0 aliphatic carbocycles. The molecule has 0 amide bonds. The second kappa shape index (κ2) is 4.77. The van der Waals surface area contributed by atoms with Gasteiger partial charge in [-0.2, -0.15) is 0 Å². The summed E-state index contributed by atoms with van der Waals surface area (Å²) in [5, 5.41) is 2.52. The lowest BCUT2D eigenvalue weighted by molar-refractivity contribution is 0.0771. The molecule has 7 heteroatoms. The molecule has 5 nitrogen and oxygen atoms in total. The first-order valence-electron chi connectivity index (χ1n) is 4.56. The summed E-state index contributed by atoms with van der Waals surface area (Å²) < 4.78 is 21.0. The lowest BCUT2D eigenvalue weighted by Gasteiger charge is -2.20. The van der Waals surface area contributed by atoms with Gasteiger partial charge in [0.1, 0.15) is 7.85 Å². The molecule has 14 heavy (non-hydrogen) atoms. The molecule has 1 aliphatic heterocycles. The zero-order chi connectivity index (χ0) is 10.8. The van der Waals surface area contributed by atoms with E-state index >= 15 is 0 Å². The Labute approximate surface area is 85.2 Å². The minimum atomic E-state index is -3.69. The van der Waals surface area contributed by atoms with Crippen LogP contribution in [0.4, 0.5) is 0 Å². The van der Waals surface area contributed by atoms with Crippen molar-refractivity contribution in [1.29, 1.82) is 0 Å². The molecule has 4 atom stereocenters. The SMILES string of the molecule is [B][C@H]1CC(NP(=O)(O)OC)[C@@H](CC)O1. The highest BCUT2D eigenvalue weighted by Gasteiger charge is 2.35. The van der Waals surface area contributed by atoms with Crippen LogP contribution in [0.2, 0.25) is 0 Å². The maximum Gasteiger partial charge on any atom is 0.403 e. The van der Waals surface area contributed by atoms with E-state index in [0.29, 0.717) is 6.42 Å². The monoisotopic (exact) mass is 219 g/mol. The first-order chi connectivity index (χ1) is 6.48. The van der Waals surface area contributed by atoms with E-state index in [-0.39, 0.29) is 18.1 Å². The molecule has 2 unspecified atom stereocenters. The van der Waals surface area contributed by atoms with Crippen molar-refractivity contribution in [2.24, 2.45) is 0 Å². The Morgan fingerprint density at radius 3 is 2.93 bits per heavy atom. The van der Waals surface area contributed by atoms with Crippen molar-refractivity contribution in [2.75, 3.05) is 7.11 Å². The van der Waals surface area contributed by atoms with Crippen molar-refractivity contribution < 1.29 is 18.7 Å². The molecular weight excluding hydrogens is 204 g/mol. The van der Waals surface area contributed by atoms with Crippen molar-refractivity contribution >= 4 is 15.6 Å². The van der Waals surface area contributed by atoms with Crippen LogP contribution in [0.1, 0.15) is 19.8 Å². The molecule has 1 rings (SSSR count). The number of rotatable bonds is 4. The third-order valence-electron chi connectivity index (χ3n) is 2.26. The van der Waals surface area contributed by atoms with E-state index < -0.39 is 7.75 Å². The van der Waals surface area contributed by atoms with Gasteiger partial charge >= 0.3 is 7.75 Å². The topological polar surface area (TPSA) is 67.8 Å². The second-order valence-corrected chi connectivity index (χ2v) is 4.96. The average Bonchev–Trinajstić information content (AvgIpc) is 2.45. The fraction of sp³-hybridized carbons (Fsp3) is 1.00. The standard InChI is InChI=1S/C7H15BNO4P/c1-3-6-5(4-7(8)13-6)9-14(10,11)12-2/h5-7H,3-4H2,1-2H3,(H2,9,10,11)/t5?,6-,7-/m1/s1. The van der Waals surface area contributed by atoms with Crippen LogP contribution in [0.3, 0.4) is 0 Å². The van der Waals surface area contributed by atoms with Crippen molar-refractivity contribution in [3.8, 4) is 0 Å². The maximum absolute atomic E-state index is 11.2. The summed E-state index contributed by atoms with van der Waals surface area (Å²) >= 11 is 0. The predicted octanol–water partition coefficient (Wildman–Crippen LogP) is 0.385. The zero-order valence-corrected chi connectivity index (χ0v) is 9.24. The molecule has 0 aromatic heterocycles. The highest BCUT2D eigenvalue weighted by atomic mass is 31.2. The van der Waals surface area contributed by atoms with Gasteiger partial charge in [-0.15, -0.1) is 0 Å². The van der Waals surface area contributed by atoms with E-state index in [9.17, 15) is 9.46 Å². The summed E-state index contributed by atoms with van der Waals surface area (Å²) in [6, 6.07) is -0.583. The van der Waals surface area contributed by atoms with Crippen LogP contribution in [-0.2, 0) is 13.8 Å².